The molecule has 0 bridgehead atoms. The fourth-order valence-corrected chi connectivity index (χ4v) is 3.26. The van der Waals surface area contributed by atoms with Crippen LogP contribution in [0.2, 0.25) is 0 Å². The Labute approximate surface area is 581 Å². The molecule has 2 rings (SSSR count). The summed E-state index contributed by atoms with van der Waals surface area (Å²) >= 11 is -3.29. The molecule has 15 nitrogen and oxygen atoms in total. The molecule has 2 saturated heterocycles. The molecule has 55 heavy (non-hydrogen) atoms. The van der Waals surface area contributed by atoms with Crippen molar-refractivity contribution in [2.75, 3.05) is 26.4 Å². The van der Waals surface area contributed by atoms with Gasteiger partial charge in [0.2, 0.25) is 0 Å². The summed E-state index contributed by atoms with van der Waals surface area (Å²) in [6.45, 7) is 5.07. The number of nitrogens with one attached hydrogen (secondary N) is 2. The molecule has 10 N–H and O–H groups in total. The Morgan fingerprint density at radius 1 is 0.655 bits per heavy atom. The van der Waals surface area contributed by atoms with Gasteiger partial charge in [0.15, 0.2) is 12.6 Å². The molecule has 0 spiro atoms. The number of aliphatic hydroxyl groups excluding tert-OH is 8. The molecule has 305 valence electrons. The maximum atomic E-state index is 12.3. The number of hydrogen-bond donors (Lipinski definition) is 10. The van der Waals surface area contributed by atoms with E-state index >= 15 is 0 Å². The third-order valence-electron chi connectivity index (χ3n) is 5.40. The van der Waals surface area contributed by atoms with Crippen LogP contribution in [0, 0.1) is 308 Å². The van der Waals surface area contributed by atoms with Gasteiger partial charge in [0.25, 0.3) is 0 Å². The van der Waals surface area contributed by atoms with Gasteiger partial charge in [-0.3, -0.25) is 9.59 Å². The van der Waals surface area contributed by atoms with Gasteiger partial charge in [0, 0.05) is 308 Å². The van der Waals surface area contributed by atoms with Crippen LogP contribution in [-0.2, 0) is 23.8 Å². The molecule has 10 atom stereocenters. The quantitative estimate of drug-likeness (QED) is 0.0772. The predicted molar refractivity (Wildman–Crippen MR) is 156 cm³/mol. The predicted octanol–water partition coefficient (Wildman–Crippen LogP) is -1.32. The van der Waals surface area contributed by atoms with E-state index < -0.39 is 113 Å². The van der Waals surface area contributed by atoms with Crippen LogP contribution in [0.4, 0.5) is 26.3 Å². The Kier molecular flexibility index (Phi) is 68.8. The number of hydrogen-bond acceptors (Lipinski definition) is 13. The Bertz CT molecular complexity index is 1010. The standard InChI is InChI=1S/C11H16F3NO6.C8H12F3NO6.C3H6O.7Ac.4ClH.Sn/c1-2-3-20-9-6(15-10(19)11(12,13)14)8(18)7(17)5(4-16)21-9;9-8(10,11)7(17)12-3-5(15)4(14)2(1-13)18-6(3)16;1-2-3-4;;;;;;;;;;;;/h2,5-9,16-18H,1,3-4H2,(H,15,19);2-6,13-16H,1H2,(H,12,17);2,4H,1,3H2;;;;;;;;4*1H;/q;;;;;;;;;;;;;;+4/p-4/t5-,6?,7?,8?,9?;2-,3?,4?,5?,6?;;;;;;;;;;;;;/m11............./s1. The second-order valence-electron chi connectivity index (χ2n) is 8.95. The summed E-state index contributed by atoms with van der Waals surface area (Å²) in [5, 5.41) is 75.8. The molecular formula is C22H34Ac7Cl4F6N2O13Sn. The number of carbonyl (C=O) groups excluding carboxylic acids is 2. The van der Waals surface area contributed by atoms with Gasteiger partial charge >= 0.3 is 73.7 Å². The number of rotatable bonds is 8. The number of ether oxygens (including phenoxy) is 3. The van der Waals surface area contributed by atoms with Crippen LogP contribution in [0.15, 0.2) is 25.3 Å². The van der Waals surface area contributed by atoms with E-state index in [9.17, 15) is 61.5 Å². The molecule has 33 heteroatoms. The van der Waals surface area contributed by atoms with E-state index in [0.717, 1.165) is 0 Å². The third-order valence-corrected chi connectivity index (χ3v) is 5.40. The van der Waals surface area contributed by atoms with Gasteiger partial charge in [0.1, 0.15) is 48.7 Å². The monoisotopic (exact) mass is 2500 g/mol. The van der Waals surface area contributed by atoms with E-state index in [1.807, 2.05) is 0 Å². The molecule has 0 aromatic carbocycles. The first-order chi connectivity index (χ1) is 21.8. The van der Waals surface area contributed by atoms with Crippen molar-refractivity contribution in [1.29, 1.82) is 0 Å². The zero-order chi connectivity index (χ0) is 38.2. The zero-order valence-corrected chi connectivity index (χ0v) is 67.2. The fourth-order valence-electron chi connectivity index (χ4n) is 3.26. The SMILES string of the molecule is C=CCO.C=CCOC1O[C@H](CO)C(O)C(O)C1NC(=O)C(F)(F)F.O=C(NC1C(O)O[C@H](CO)C(O)C1O)C(F)(F)F.[Ac].[Ac].[Ac].[Ac].[Ac].[Ac].[Ac].[Cl][Sn]([Cl])([Cl])[Cl]. The zero-order valence-electron chi connectivity index (χ0n) is 28.1. The molecule has 2 aliphatic heterocycles. The molecule has 2 aliphatic rings. The van der Waals surface area contributed by atoms with Crippen LogP contribution in [0.25, 0.3) is 0 Å². The van der Waals surface area contributed by atoms with Crippen molar-refractivity contribution < 1.29 is 399 Å². The van der Waals surface area contributed by atoms with Gasteiger partial charge in [-0.25, -0.2) is 0 Å². The van der Waals surface area contributed by atoms with Crippen LogP contribution in [0.1, 0.15) is 0 Å². The summed E-state index contributed by atoms with van der Waals surface area (Å²) in [5.41, 5.74) is 0. The van der Waals surface area contributed by atoms with Gasteiger partial charge in [0.05, 0.1) is 26.4 Å². The van der Waals surface area contributed by atoms with Crippen LogP contribution in [-0.4, -0.2) is 167 Å². The van der Waals surface area contributed by atoms with E-state index in [0.29, 0.717) is 0 Å². The molecule has 0 saturated carbocycles. The third kappa shape index (κ3) is 39.1. The Morgan fingerprint density at radius 3 is 1.25 bits per heavy atom. The molecule has 2 fully saturated rings. The van der Waals surface area contributed by atoms with Crippen molar-refractivity contribution in [3.05, 3.63) is 25.3 Å². The first-order valence-corrected chi connectivity index (χ1v) is 27.2. The molecule has 2 heterocycles. The van der Waals surface area contributed by atoms with Gasteiger partial charge in [-0.2, -0.15) is 26.3 Å². The van der Waals surface area contributed by atoms with Crippen molar-refractivity contribution in [3.8, 4) is 0 Å². The number of aliphatic hydroxyl groups is 8. The summed E-state index contributed by atoms with van der Waals surface area (Å²) in [6, 6.07) is -3.51. The number of halogens is 10. The van der Waals surface area contributed by atoms with Crippen LogP contribution in [0.3, 0.4) is 0 Å². The van der Waals surface area contributed by atoms with Gasteiger partial charge in [-0.05, 0) is 0 Å². The van der Waals surface area contributed by atoms with Crippen molar-refractivity contribution >= 4 is 61.4 Å². The first kappa shape index (κ1) is 84.5. The van der Waals surface area contributed by atoms with Crippen molar-refractivity contribution in [1.82, 2.24) is 10.6 Å². The van der Waals surface area contributed by atoms with Gasteiger partial charge < -0.3 is 65.7 Å². The van der Waals surface area contributed by atoms with Crippen LogP contribution in [0.5, 0.6) is 0 Å². The molecule has 7 radical (unpaired) electrons. The Morgan fingerprint density at radius 2 is 0.964 bits per heavy atom. The van der Waals surface area contributed by atoms with E-state index in [1.54, 1.807) is 0 Å². The number of amides is 2. The minimum absolute atomic E-state index is 0. The summed E-state index contributed by atoms with van der Waals surface area (Å²) in [6.07, 6.45) is -20.9. The fraction of sp³-hybridized carbons (Fsp3) is 0.727. The second-order valence-corrected chi connectivity index (χ2v) is 34.4. The average molecular weight is 2500 g/mol. The first-order valence-electron chi connectivity index (χ1n) is 12.7. The molecule has 0 aromatic rings. The molecule has 0 aromatic heterocycles. The second kappa shape index (κ2) is 44.8. The summed E-state index contributed by atoms with van der Waals surface area (Å²) in [5.74, 6) is -4.69. The van der Waals surface area contributed by atoms with E-state index in [4.69, 9.17) is 60.5 Å². The molecular weight excluding hydrogens is 2460 g/mol. The van der Waals surface area contributed by atoms with E-state index in [-0.39, 0.29) is 322 Å². The van der Waals surface area contributed by atoms with Crippen LogP contribution >= 0.6 is 35.7 Å². The van der Waals surface area contributed by atoms with Gasteiger partial charge in [-0.15, -0.1) is 13.2 Å². The summed E-state index contributed by atoms with van der Waals surface area (Å²) < 4.78 is 87.3. The molecule has 2 amide bonds. The summed E-state index contributed by atoms with van der Waals surface area (Å²) in [4.78, 5) is 21.6. The van der Waals surface area contributed by atoms with Crippen LogP contribution < -0.4 is 10.6 Å². The topological polar surface area (TPSA) is 248 Å². The van der Waals surface area contributed by atoms with E-state index in [1.165, 1.54) is 22.8 Å². The normalized spacial score (nSPS) is 26.6. The summed E-state index contributed by atoms with van der Waals surface area (Å²) in [7, 11) is 20.1. The number of alkyl halides is 6. The van der Waals surface area contributed by atoms with Crippen molar-refractivity contribution in [3.63, 3.8) is 0 Å². The Balaban J connectivity index is -0.0000000817. The van der Waals surface area contributed by atoms with Gasteiger partial charge in [-0.1, -0.05) is 12.2 Å². The van der Waals surface area contributed by atoms with Crippen molar-refractivity contribution in [2.45, 2.75) is 73.6 Å². The maximum absolute atomic E-state index is 12.3. The molecule has 0 aliphatic carbocycles. The Hall–Kier alpha value is 9.61. The average Bonchev–Trinajstić information content (AvgIpc) is 2.97. The minimum atomic E-state index is -5.20. The van der Waals surface area contributed by atoms with E-state index in [2.05, 4.69) is 17.9 Å². The van der Waals surface area contributed by atoms with Crippen molar-refractivity contribution in [2.24, 2.45) is 0 Å². The number of carbonyl (C=O) groups is 2. The molecule has 8 unspecified atom stereocenters.